The van der Waals surface area contributed by atoms with Gasteiger partial charge in [0.15, 0.2) is 0 Å². The third-order valence-corrected chi connectivity index (χ3v) is 9.97. The summed E-state index contributed by atoms with van der Waals surface area (Å²) in [4.78, 5) is 16.2. The van der Waals surface area contributed by atoms with E-state index in [0.29, 0.717) is 29.6 Å². The number of Topliss-reactive ketones (excluding diaryl/α,β-unsaturated/α-hetero) is 1. The Morgan fingerprint density at radius 3 is 2.92 bits per heavy atom. The van der Waals surface area contributed by atoms with Gasteiger partial charge in [0.1, 0.15) is 5.78 Å². The summed E-state index contributed by atoms with van der Waals surface area (Å²) in [5, 5.41) is 9.77. The maximum Gasteiger partial charge on any atom is 0.137 e. The van der Waals surface area contributed by atoms with Crippen LogP contribution in [0.3, 0.4) is 0 Å². The Morgan fingerprint density at radius 2 is 2.12 bits per heavy atom. The molecular weight excluding hydrogens is 310 g/mol. The maximum absolute atomic E-state index is 13.6. The zero-order chi connectivity index (χ0) is 17.2. The van der Waals surface area contributed by atoms with E-state index in [1.54, 1.807) is 0 Å². The molecule has 6 saturated carbocycles. The van der Waals surface area contributed by atoms with Gasteiger partial charge in [0.05, 0.1) is 6.61 Å². The van der Waals surface area contributed by atoms with Crippen LogP contribution in [0.5, 0.6) is 0 Å². The Hall–Kier alpha value is -0.670. The van der Waals surface area contributed by atoms with Gasteiger partial charge in [-0.3, -0.25) is 9.69 Å². The molecule has 6 bridgehead atoms. The zero-order valence-electron chi connectivity index (χ0n) is 15.5. The molecule has 136 valence electrons. The third kappa shape index (κ3) is 1.46. The first-order valence-electron chi connectivity index (χ1n) is 10.5. The van der Waals surface area contributed by atoms with Crippen molar-refractivity contribution >= 4 is 5.78 Å². The number of hydrogen-bond donors (Lipinski definition) is 1. The summed E-state index contributed by atoms with van der Waals surface area (Å²) in [6, 6.07) is 0.549. The van der Waals surface area contributed by atoms with Crippen molar-refractivity contribution in [1.82, 2.24) is 4.90 Å². The Morgan fingerprint density at radius 1 is 1.28 bits per heavy atom. The second-order valence-corrected chi connectivity index (χ2v) is 10.7. The van der Waals surface area contributed by atoms with E-state index < -0.39 is 0 Å². The lowest BCUT2D eigenvalue weighted by atomic mass is 9.40. The summed E-state index contributed by atoms with van der Waals surface area (Å²) < 4.78 is 0. The number of rotatable bonds is 2. The summed E-state index contributed by atoms with van der Waals surface area (Å²) in [7, 11) is 0. The number of ketones is 1. The number of piperidine rings is 1. The minimum Gasteiger partial charge on any atom is -0.395 e. The predicted molar refractivity (Wildman–Crippen MR) is 95.8 cm³/mol. The number of fused-ring (bicyclic) bond motifs is 1. The topological polar surface area (TPSA) is 40.5 Å². The van der Waals surface area contributed by atoms with Crippen LogP contribution in [0, 0.1) is 39.9 Å². The van der Waals surface area contributed by atoms with Crippen molar-refractivity contribution in [2.75, 3.05) is 19.7 Å². The number of aliphatic hydroxyl groups excluding tert-OH is 1. The minimum absolute atomic E-state index is 0.135. The molecule has 1 saturated heterocycles. The summed E-state index contributed by atoms with van der Waals surface area (Å²) in [6.45, 7) is 8.91. The number of likely N-dealkylation sites (tertiary alicyclic amines) is 1. The highest BCUT2D eigenvalue weighted by Crippen LogP contribution is 2.82. The second-order valence-electron chi connectivity index (χ2n) is 10.7. The zero-order valence-corrected chi connectivity index (χ0v) is 15.5. The number of allylic oxidation sites excluding steroid dienone is 1. The molecule has 1 N–H and O–H groups in total. The van der Waals surface area contributed by atoms with E-state index in [1.807, 2.05) is 0 Å². The Labute approximate surface area is 150 Å². The van der Waals surface area contributed by atoms with E-state index in [2.05, 4.69) is 18.4 Å². The fraction of sp³-hybridized carbons (Fsp3) is 0.864. The quantitative estimate of drug-likeness (QED) is 0.785. The van der Waals surface area contributed by atoms with Gasteiger partial charge in [0, 0.05) is 31.5 Å². The van der Waals surface area contributed by atoms with Gasteiger partial charge in [-0.05, 0) is 66.1 Å². The summed E-state index contributed by atoms with van der Waals surface area (Å²) >= 11 is 0. The second kappa shape index (κ2) is 4.42. The van der Waals surface area contributed by atoms with E-state index in [9.17, 15) is 9.90 Å². The van der Waals surface area contributed by atoms with Crippen molar-refractivity contribution in [2.45, 2.75) is 57.9 Å². The van der Waals surface area contributed by atoms with Crippen LogP contribution in [0.2, 0.25) is 0 Å². The lowest BCUT2D eigenvalue weighted by molar-refractivity contribution is -0.188. The Bertz CT molecular complexity index is 688. The van der Waals surface area contributed by atoms with Crippen LogP contribution in [-0.4, -0.2) is 41.5 Å². The Kier molecular flexibility index (Phi) is 2.72. The fourth-order valence-corrected chi connectivity index (χ4v) is 9.88. The number of carbonyl (C=O) groups excluding carboxylic acids is 1. The Balaban J connectivity index is 1.60. The number of aliphatic hydroxyl groups is 1. The molecule has 0 aromatic rings. The first kappa shape index (κ1) is 15.4. The van der Waals surface area contributed by atoms with Gasteiger partial charge in [-0.25, -0.2) is 0 Å². The van der Waals surface area contributed by atoms with E-state index in [4.69, 9.17) is 0 Å². The smallest absolute Gasteiger partial charge is 0.137 e. The molecule has 8 atom stereocenters. The summed E-state index contributed by atoms with van der Waals surface area (Å²) in [5.41, 5.74) is 2.02. The molecule has 0 radical (unpaired) electrons. The first-order valence-corrected chi connectivity index (χ1v) is 10.5. The predicted octanol–water partition coefficient (Wildman–Crippen LogP) is 3.03. The molecule has 2 spiro atoms. The largest absolute Gasteiger partial charge is 0.395 e. The molecule has 7 aliphatic rings. The van der Waals surface area contributed by atoms with Gasteiger partial charge in [-0.1, -0.05) is 25.5 Å². The molecule has 1 unspecified atom stereocenters. The van der Waals surface area contributed by atoms with Crippen LogP contribution in [0.15, 0.2) is 12.2 Å². The molecule has 0 amide bonds. The molecular formula is C22H31NO2. The minimum atomic E-state index is 0.135. The molecule has 3 nitrogen and oxygen atoms in total. The lowest BCUT2D eigenvalue weighted by Crippen LogP contribution is -2.69. The van der Waals surface area contributed by atoms with Gasteiger partial charge in [-0.2, -0.15) is 0 Å². The lowest BCUT2D eigenvalue weighted by Gasteiger charge is -2.66. The number of nitrogens with zero attached hydrogens (tertiary/aromatic N) is 1. The van der Waals surface area contributed by atoms with Crippen molar-refractivity contribution in [2.24, 2.45) is 39.9 Å². The van der Waals surface area contributed by atoms with Crippen molar-refractivity contribution in [3.63, 3.8) is 0 Å². The van der Waals surface area contributed by atoms with Gasteiger partial charge in [0.25, 0.3) is 0 Å². The number of hydrogen-bond acceptors (Lipinski definition) is 3. The molecule has 0 aromatic carbocycles. The molecule has 7 fully saturated rings. The monoisotopic (exact) mass is 341 g/mol. The molecule has 1 aliphatic heterocycles. The highest BCUT2D eigenvalue weighted by Gasteiger charge is 2.81. The average molecular weight is 341 g/mol. The summed E-state index contributed by atoms with van der Waals surface area (Å²) in [5.74, 6) is 3.01. The van der Waals surface area contributed by atoms with E-state index >= 15 is 0 Å². The highest BCUT2D eigenvalue weighted by atomic mass is 16.3. The van der Waals surface area contributed by atoms with Crippen LogP contribution in [-0.2, 0) is 4.79 Å². The van der Waals surface area contributed by atoms with Gasteiger partial charge < -0.3 is 5.11 Å². The van der Waals surface area contributed by atoms with Crippen LogP contribution in [0.4, 0.5) is 0 Å². The molecule has 3 heteroatoms. The first-order chi connectivity index (χ1) is 12.0. The van der Waals surface area contributed by atoms with E-state index in [-0.39, 0.29) is 22.9 Å². The van der Waals surface area contributed by atoms with Crippen molar-refractivity contribution in [3.05, 3.63) is 12.2 Å². The fourth-order valence-electron chi connectivity index (χ4n) is 9.88. The molecule has 25 heavy (non-hydrogen) atoms. The third-order valence-electron chi connectivity index (χ3n) is 9.97. The van der Waals surface area contributed by atoms with Crippen molar-refractivity contribution < 1.29 is 9.90 Å². The van der Waals surface area contributed by atoms with E-state index in [1.165, 1.54) is 37.7 Å². The highest BCUT2D eigenvalue weighted by molar-refractivity contribution is 5.86. The van der Waals surface area contributed by atoms with Gasteiger partial charge in [0.2, 0.25) is 0 Å². The normalized spacial score (nSPS) is 58.7. The number of carbonyl (C=O) groups is 1. The van der Waals surface area contributed by atoms with Crippen molar-refractivity contribution in [3.8, 4) is 0 Å². The molecule has 6 aliphatic carbocycles. The maximum atomic E-state index is 13.6. The van der Waals surface area contributed by atoms with Crippen LogP contribution >= 0.6 is 0 Å². The van der Waals surface area contributed by atoms with Crippen molar-refractivity contribution in [1.29, 1.82) is 0 Å². The summed E-state index contributed by atoms with van der Waals surface area (Å²) in [6.07, 6.45) is 8.27. The van der Waals surface area contributed by atoms with E-state index in [0.717, 1.165) is 31.8 Å². The van der Waals surface area contributed by atoms with Crippen LogP contribution in [0.25, 0.3) is 0 Å². The van der Waals surface area contributed by atoms with Gasteiger partial charge in [-0.15, -0.1) is 0 Å². The number of β-amino-alcohol motifs (C(OH)–C–C–N with tert-alkyl or cyclic N) is 1. The standard InChI is InChI=1S/C22H31NO2/c1-13-10-21-11-16(25)18-20(2)4-3-5-22(18)17(21)9-14(13)8-15(21)19(22)23(12-20)6-7-24/h14-15,17-19,24H,1,3-12H2,2H3/t14-,15-,17-,18+,19-,20+,21?,22-/m1/s1. The molecule has 0 aromatic heterocycles. The molecule has 7 rings (SSSR count). The SMILES string of the molecule is C=C1CC23CC(=O)[C@H]4[C@@]5(C)CCC[C@@]46[C@@H]2C[C@H]1C[C@@H]3[C@H]6N(CCO)C5. The molecule has 1 heterocycles. The average Bonchev–Trinajstić information content (AvgIpc) is 2.64. The van der Waals surface area contributed by atoms with Crippen LogP contribution in [0.1, 0.15) is 51.9 Å². The van der Waals surface area contributed by atoms with Crippen LogP contribution < -0.4 is 0 Å². The van der Waals surface area contributed by atoms with Gasteiger partial charge >= 0.3 is 0 Å².